The predicted octanol–water partition coefficient (Wildman–Crippen LogP) is 4.16. The maximum atomic E-state index is 12.5. The number of amides is 2. The van der Waals surface area contributed by atoms with Gasteiger partial charge in [0.15, 0.2) is 0 Å². The summed E-state index contributed by atoms with van der Waals surface area (Å²) in [4.78, 5) is 26.5. The Morgan fingerprint density at radius 3 is 2.50 bits per heavy atom. The zero-order valence-corrected chi connectivity index (χ0v) is 17.5. The molecule has 2 unspecified atom stereocenters. The molecule has 5 nitrogen and oxygen atoms in total. The van der Waals surface area contributed by atoms with Crippen LogP contribution in [0, 0.1) is 5.92 Å². The van der Waals surface area contributed by atoms with Crippen LogP contribution in [-0.4, -0.2) is 17.9 Å². The molecule has 3 N–H and O–H groups in total. The second kappa shape index (κ2) is 9.41. The van der Waals surface area contributed by atoms with E-state index in [2.05, 4.69) is 5.32 Å². The molecular weight excluding hydrogens is 397 g/mol. The molecule has 0 bridgehead atoms. The van der Waals surface area contributed by atoms with E-state index < -0.39 is 0 Å². The van der Waals surface area contributed by atoms with Crippen LogP contribution >= 0.6 is 24.0 Å². The van der Waals surface area contributed by atoms with E-state index in [9.17, 15) is 9.59 Å². The Hall–Kier alpha value is -2.08. The first-order valence-corrected chi connectivity index (χ1v) is 9.47. The molecule has 2 aromatic carbocycles. The lowest BCUT2D eigenvalue weighted by Gasteiger charge is -2.30. The van der Waals surface area contributed by atoms with Gasteiger partial charge < -0.3 is 16.0 Å². The maximum Gasteiger partial charge on any atom is 0.228 e. The van der Waals surface area contributed by atoms with Crippen LogP contribution in [0.3, 0.4) is 0 Å². The first-order valence-electron chi connectivity index (χ1n) is 9.09. The van der Waals surface area contributed by atoms with Crippen LogP contribution in [0.2, 0.25) is 5.02 Å². The first-order chi connectivity index (χ1) is 12.8. The van der Waals surface area contributed by atoms with Crippen molar-refractivity contribution in [2.75, 3.05) is 10.2 Å². The summed E-state index contributed by atoms with van der Waals surface area (Å²) in [5.41, 5.74) is 9.49. The van der Waals surface area contributed by atoms with Crippen molar-refractivity contribution in [3.05, 3.63) is 58.6 Å². The number of nitrogens with two attached hydrogens (primary N) is 1. The van der Waals surface area contributed by atoms with Crippen molar-refractivity contribution in [1.29, 1.82) is 0 Å². The summed E-state index contributed by atoms with van der Waals surface area (Å²) in [6.45, 7) is 4.12. The second-order valence-electron chi connectivity index (χ2n) is 7.09. The Morgan fingerprint density at radius 1 is 1.18 bits per heavy atom. The van der Waals surface area contributed by atoms with Gasteiger partial charge in [-0.15, -0.1) is 12.4 Å². The van der Waals surface area contributed by atoms with E-state index in [-0.39, 0.29) is 36.2 Å². The first kappa shape index (κ1) is 22.2. The molecule has 0 aromatic heterocycles. The number of nitrogens with zero attached hydrogens (tertiary/aromatic N) is 1. The van der Waals surface area contributed by atoms with E-state index in [0.717, 1.165) is 22.5 Å². The molecule has 2 aromatic rings. The minimum atomic E-state index is -0.274. The Morgan fingerprint density at radius 2 is 1.86 bits per heavy atom. The van der Waals surface area contributed by atoms with Crippen molar-refractivity contribution in [3.8, 4) is 0 Å². The van der Waals surface area contributed by atoms with Crippen LogP contribution in [-0.2, 0) is 22.6 Å². The number of nitrogens with one attached hydrogen (secondary N) is 1. The summed E-state index contributed by atoms with van der Waals surface area (Å²) in [5, 5.41) is 3.59. The minimum Gasteiger partial charge on any atom is -0.327 e. The van der Waals surface area contributed by atoms with Gasteiger partial charge in [-0.3, -0.25) is 9.59 Å². The van der Waals surface area contributed by atoms with Gasteiger partial charge in [0, 0.05) is 28.9 Å². The molecule has 3 rings (SSSR count). The zero-order chi connectivity index (χ0) is 19.6. The standard InChI is InChI=1S/C21H24ClN3O2.ClH/c1-13(14(2)23)21(27)24-18-8-9-19-16(11-18)5-10-20(26)25(19)12-15-3-6-17(22)7-4-15;/h3-4,6-9,11,13-14H,5,10,12,23H2,1-2H3,(H,24,27);1H. The molecule has 2 amide bonds. The van der Waals surface area contributed by atoms with Gasteiger partial charge in [-0.2, -0.15) is 0 Å². The zero-order valence-electron chi connectivity index (χ0n) is 15.9. The molecule has 1 heterocycles. The summed E-state index contributed by atoms with van der Waals surface area (Å²) in [7, 11) is 0. The topological polar surface area (TPSA) is 75.4 Å². The highest BCUT2D eigenvalue weighted by molar-refractivity contribution is 6.30. The van der Waals surface area contributed by atoms with Gasteiger partial charge >= 0.3 is 0 Å². The number of aryl methyl sites for hydroxylation is 1. The van der Waals surface area contributed by atoms with Crippen molar-refractivity contribution in [3.63, 3.8) is 0 Å². The van der Waals surface area contributed by atoms with Gasteiger partial charge in [0.05, 0.1) is 12.5 Å². The summed E-state index contributed by atoms with van der Waals surface area (Å²) >= 11 is 5.94. The Kier molecular flexibility index (Phi) is 7.47. The van der Waals surface area contributed by atoms with E-state index in [1.807, 2.05) is 56.3 Å². The van der Waals surface area contributed by atoms with Crippen LogP contribution in [0.15, 0.2) is 42.5 Å². The third-order valence-corrected chi connectivity index (χ3v) is 5.26. The number of carbonyl (C=O) groups excluding carboxylic acids is 2. The second-order valence-corrected chi connectivity index (χ2v) is 7.52. The number of hydrogen-bond acceptors (Lipinski definition) is 3. The summed E-state index contributed by atoms with van der Waals surface area (Å²) in [5.74, 6) is -0.279. The molecule has 7 heteroatoms. The van der Waals surface area contributed by atoms with Gasteiger partial charge in [0.2, 0.25) is 11.8 Å². The third kappa shape index (κ3) is 5.04. The van der Waals surface area contributed by atoms with Crippen LogP contribution in [0.5, 0.6) is 0 Å². The molecule has 0 fully saturated rings. The van der Waals surface area contributed by atoms with Crippen LogP contribution < -0.4 is 16.0 Å². The van der Waals surface area contributed by atoms with E-state index in [1.54, 1.807) is 4.90 Å². The molecule has 150 valence electrons. The van der Waals surface area contributed by atoms with Crippen LogP contribution in [0.25, 0.3) is 0 Å². The number of fused-ring (bicyclic) bond motifs is 1. The number of anilines is 2. The van der Waals surface area contributed by atoms with Gasteiger partial charge in [-0.05, 0) is 54.8 Å². The van der Waals surface area contributed by atoms with Gasteiger partial charge in [0.25, 0.3) is 0 Å². The fourth-order valence-corrected chi connectivity index (χ4v) is 3.20. The smallest absolute Gasteiger partial charge is 0.228 e. The lowest BCUT2D eigenvalue weighted by Crippen LogP contribution is -2.35. The highest BCUT2D eigenvalue weighted by Gasteiger charge is 2.25. The average Bonchev–Trinajstić information content (AvgIpc) is 2.65. The maximum absolute atomic E-state index is 12.5. The molecule has 0 spiro atoms. The molecule has 1 aliphatic heterocycles. The van der Waals surface area contributed by atoms with Crippen molar-refractivity contribution in [2.45, 2.75) is 39.3 Å². The van der Waals surface area contributed by atoms with Crippen molar-refractivity contribution >= 4 is 47.2 Å². The fourth-order valence-electron chi connectivity index (χ4n) is 3.08. The van der Waals surface area contributed by atoms with Gasteiger partial charge in [-0.25, -0.2) is 0 Å². The van der Waals surface area contributed by atoms with Crippen molar-refractivity contribution in [1.82, 2.24) is 0 Å². The Labute approximate surface area is 176 Å². The molecule has 2 atom stereocenters. The molecular formula is C21H25Cl2N3O2. The third-order valence-electron chi connectivity index (χ3n) is 5.00. The lowest BCUT2D eigenvalue weighted by molar-refractivity contribution is -0.120. The highest BCUT2D eigenvalue weighted by Crippen LogP contribution is 2.32. The number of benzene rings is 2. The molecule has 0 saturated heterocycles. The molecule has 0 aliphatic carbocycles. The van der Waals surface area contributed by atoms with Crippen molar-refractivity contribution in [2.24, 2.45) is 11.7 Å². The largest absolute Gasteiger partial charge is 0.327 e. The van der Waals surface area contributed by atoms with Crippen molar-refractivity contribution < 1.29 is 9.59 Å². The predicted molar refractivity (Wildman–Crippen MR) is 116 cm³/mol. The summed E-state index contributed by atoms with van der Waals surface area (Å²) in [6.07, 6.45) is 1.12. The van der Waals surface area contributed by atoms with E-state index >= 15 is 0 Å². The summed E-state index contributed by atoms with van der Waals surface area (Å²) in [6, 6.07) is 13.0. The Bertz CT molecular complexity index is 853. The quantitative estimate of drug-likeness (QED) is 0.760. The molecule has 1 aliphatic rings. The SMILES string of the molecule is CC(N)C(C)C(=O)Nc1ccc2c(c1)CCC(=O)N2Cc1ccc(Cl)cc1.Cl. The number of hydrogen-bond donors (Lipinski definition) is 2. The Balaban J connectivity index is 0.00000280. The fraction of sp³-hybridized carbons (Fsp3) is 0.333. The van der Waals surface area contributed by atoms with E-state index in [0.29, 0.717) is 24.4 Å². The molecule has 28 heavy (non-hydrogen) atoms. The highest BCUT2D eigenvalue weighted by atomic mass is 35.5. The number of carbonyl (C=O) groups is 2. The number of rotatable bonds is 5. The van der Waals surface area contributed by atoms with Gasteiger partial charge in [0.1, 0.15) is 0 Å². The normalized spacial score (nSPS) is 15.3. The monoisotopic (exact) mass is 421 g/mol. The lowest BCUT2D eigenvalue weighted by atomic mass is 9.99. The summed E-state index contributed by atoms with van der Waals surface area (Å²) < 4.78 is 0. The van der Waals surface area contributed by atoms with E-state index in [4.69, 9.17) is 17.3 Å². The number of halogens is 2. The molecule has 0 saturated carbocycles. The van der Waals surface area contributed by atoms with Gasteiger partial charge in [-0.1, -0.05) is 30.7 Å². The van der Waals surface area contributed by atoms with E-state index in [1.165, 1.54) is 0 Å². The molecule has 0 radical (unpaired) electrons. The van der Waals surface area contributed by atoms with Crippen LogP contribution in [0.1, 0.15) is 31.4 Å². The minimum absolute atomic E-state index is 0. The van der Waals surface area contributed by atoms with Crippen LogP contribution in [0.4, 0.5) is 11.4 Å². The average molecular weight is 422 g/mol.